The molecule has 11 atom stereocenters. The summed E-state index contributed by atoms with van der Waals surface area (Å²) in [6.07, 6.45) is 7.39. The summed E-state index contributed by atoms with van der Waals surface area (Å²) in [6, 6.07) is 3.10. The number of aliphatic hydroxyl groups is 2. The van der Waals surface area contributed by atoms with Crippen molar-refractivity contribution in [3.8, 4) is 0 Å². The molecular formula is C35H55N3O7S. The molecule has 1 aromatic rings. The molecule has 3 N–H and O–H groups in total. The lowest BCUT2D eigenvalue weighted by molar-refractivity contribution is -0.210. The minimum absolute atomic E-state index is 0.00200. The summed E-state index contributed by atoms with van der Waals surface area (Å²) >= 11 is 0. The number of fused-ring (bicyclic) bond motifs is 5. The maximum atomic E-state index is 13.0. The molecule has 11 heteroatoms. The Labute approximate surface area is 275 Å². The van der Waals surface area contributed by atoms with Gasteiger partial charge in [0.2, 0.25) is 0 Å². The highest BCUT2D eigenvalue weighted by Crippen LogP contribution is 2.72. The molecule has 0 aromatic carbocycles. The maximum absolute atomic E-state index is 13.0. The quantitative estimate of drug-likeness (QED) is 0.369. The molecule has 5 fully saturated rings. The van der Waals surface area contributed by atoms with Crippen LogP contribution in [0.4, 0.5) is 10.6 Å². The van der Waals surface area contributed by atoms with Gasteiger partial charge < -0.3 is 24.6 Å². The fourth-order valence-corrected chi connectivity index (χ4v) is 12.0. The first kappa shape index (κ1) is 33.9. The predicted octanol–water partition coefficient (Wildman–Crippen LogP) is 4.99. The maximum Gasteiger partial charge on any atom is 0.421 e. The largest absolute Gasteiger partial charge is 0.449 e. The molecule has 1 saturated heterocycles. The van der Waals surface area contributed by atoms with Crippen molar-refractivity contribution in [3.05, 3.63) is 18.3 Å². The average Bonchev–Trinajstić information content (AvgIpc) is 3.32. The lowest BCUT2D eigenvalue weighted by Crippen LogP contribution is -2.63. The van der Waals surface area contributed by atoms with E-state index in [4.69, 9.17) is 9.47 Å². The molecule has 7 unspecified atom stereocenters. The summed E-state index contributed by atoms with van der Waals surface area (Å²) in [7, 11) is -4.14. The van der Waals surface area contributed by atoms with Crippen molar-refractivity contribution in [1.29, 1.82) is 0 Å². The van der Waals surface area contributed by atoms with Crippen LogP contribution in [-0.2, 0) is 19.5 Å². The van der Waals surface area contributed by atoms with Gasteiger partial charge in [0.1, 0.15) is 10.7 Å². The van der Waals surface area contributed by atoms with Gasteiger partial charge in [-0.15, -0.1) is 0 Å². The highest BCUT2D eigenvalue weighted by molar-refractivity contribution is 7.90. The number of morpholine rings is 1. The SMILES string of the molecule is CC[C@@H]1C2C[C@H](O)CCC2(C)C2CCC3(C)C(CCC3(C)[C@H](C)COC(=O)NS(=O)(=O)c3ccc(N4CCOCC4)nc3)C2[C@@H]1O. The second-order valence-corrected chi connectivity index (χ2v) is 17.5. The Morgan fingerprint density at radius 1 is 1.09 bits per heavy atom. The number of rotatable bonds is 7. The van der Waals surface area contributed by atoms with E-state index in [1.54, 1.807) is 6.07 Å². The molecule has 1 aliphatic heterocycles. The number of hydrogen-bond acceptors (Lipinski definition) is 9. The molecule has 1 amide bonds. The second-order valence-electron chi connectivity index (χ2n) is 15.9. The van der Waals surface area contributed by atoms with Crippen molar-refractivity contribution in [2.45, 2.75) is 103 Å². The third-order valence-corrected chi connectivity index (χ3v) is 15.5. The number of nitrogens with one attached hydrogen (secondary N) is 1. The van der Waals surface area contributed by atoms with Crippen molar-refractivity contribution in [1.82, 2.24) is 9.71 Å². The van der Waals surface area contributed by atoms with Crippen LogP contribution >= 0.6 is 0 Å². The number of amides is 1. The number of sulfonamides is 1. The van der Waals surface area contributed by atoms with Gasteiger partial charge in [-0.2, -0.15) is 0 Å². The zero-order valence-electron chi connectivity index (χ0n) is 28.3. The molecule has 4 aliphatic carbocycles. The van der Waals surface area contributed by atoms with Gasteiger partial charge in [0, 0.05) is 19.3 Å². The molecular weight excluding hydrogens is 606 g/mol. The molecule has 0 spiro atoms. The normalized spacial score (nSPS) is 41.5. The molecule has 6 rings (SSSR count). The Bertz CT molecular complexity index is 1370. The first-order valence-electron chi connectivity index (χ1n) is 17.6. The van der Waals surface area contributed by atoms with Gasteiger partial charge in [-0.25, -0.2) is 22.9 Å². The minimum atomic E-state index is -4.14. The van der Waals surface area contributed by atoms with E-state index in [0.29, 0.717) is 49.9 Å². The molecule has 5 aliphatic rings. The molecule has 4 saturated carbocycles. The van der Waals surface area contributed by atoms with E-state index in [1.807, 2.05) is 4.90 Å². The highest BCUT2D eigenvalue weighted by Gasteiger charge is 2.67. The summed E-state index contributed by atoms with van der Waals surface area (Å²) in [5.41, 5.74) is -0.0339. The number of carbonyl (C=O) groups excluding carboxylic acids is 1. The number of nitrogens with zero attached hydrogens (tertiary/aromatic N) is 2. The number of carbonyl (C=O) groups is 1. The minimum Gasteiger partial charge on any atom is -0.449 e. The monoisotopic (exact) mass is 661 g/mol. The molecule has 46 heavy (non-hydrogen) atoms. The van der Waals surface area contributed by atoms with E-state index in [1.165, 1.54) is 12.3 Å². The zero-order valence-corrected chi connectivity index (χ0v) is 29.1. The molecule has 2 heterocycles. The van der Waals surface area contributed by atoms with Crippen LogP contribution in [0.25, 0.3) is 0 Å². The van der Waals surface area contributed by atoms with Crippen LogP contribution in [0.3, 0.4) is 0 Å². The van der Waals surface area contributed by atoms with Gasteiger partial charge in [-0.3, -0.25) is 0 Å². The molecule has 0 bridgehead atoms. The third kappa shape index (κ3) is 5.54. The molecule has 0 radical (unpaired) electrons. The predicted molar refractivity (Wildman–Crippen MR) is 174 cm³/mol. The number of aromatic nitrogens is 1. The van der Waals surface area contributed by atoms with Gasteiger partial charge in [0.25, 0.3) is 10.0 Å². The van der Waals surface area contributed by atoms with Gasteiger partial charge in [-0.1, -0.05) is 41.0 Å². The van der Waals surface area contributed by atoms with E-state index in [0.717, 1.165) is 51.4 Å². The summed E-state index contributed by atoms with van der Waals surface area (Å²) in [5, 5.41) is 22.6. The fourth-order valence-electron chi connectivity index (χ4n) is 11.2. The number of aliphatic hydroxyl groups excluding tert-OH is 2. The van der Waals surface area contributed by atoms with Crippen molar-refractivity contribution >= 4 is 21.9 Å². The van der Waals surface area contributed by atoms with Crippen molar-refractivity contribution in [2.75, 3.05) is 37.8 Å². The number of pyridine rings is 1. The Morgan fingerprint density at radius 2 is 1.80 bits per heavy atom. The van der Waals surface area contributed by atoms with Crippen molar-refractivity contribution < 1.29 is 32.9 Å². The molecule has 10 nitrogen and oxygen atoms in total. The number of hydrogen-bond donors (Lipinski definition) is 3. The first-order valence-corrected chi connectivity index (χ1v) is 19.1. The summed E-state index contributed by atoms with van der Waals surface area (Å²) in [4.78, 5) is 19.1. The smallest absolute Gasteiger partial charge is 0.421 e. The van der Waals surface area contributed by atoms with E-state index in [-0.39, 0.29) is 57.7 Å². The second kappa shape index (κ2) is 12.5. The van der Waals surface area contributed by atoms with Crippen LogP contribution in [0.5, 0.6) is 0 Å². The van der Waals surface area contributed by atoms with E-state index >= 15 is 0 Å². The average molecular weight is 662 g/mol. The van der Waals surface area contributed by atoms with E-state index in [2.05, 4.69) is 44.3 Å². The van der Waals surface area contributed by atoms with Crippen LogP contribution in [0.15, 0.2) is 23.2 Å². The summed E-state index contributed by atoms with van der Waals surface area (Å²) in [6.45, 7) is 14.1. The van der Waals surface area contributed by atoms with Gasteiger partial charge in [0.05, 0.1) is 32.0 Å². The fraction of sp³-hybridized carbons (Fsp3) is 0.829. The van der Waals surface area contributed by atoms with Gasteiger partial charge in [0.15, 0.2) is 0 Å². The van der Waals surface area contributed by atoms with Gasteiger partial charge >= 0.3 is 6.09 Å². The summed E-state index contributed by atoms with van der Waals surface area (Å²) in [5.74, 6) is 2.27. The van der Waals surface area contributed by atoms with E-state index in [9.17, 15) is 23.4 Å². The van der Waals surface area contributed by atoms with Crippen molar-refractivity contribution in [2.24, 2.45) is 51.8 Å². The zero-order chi connectivity index (χ0) is 33.1. The Hall–Kier alpha value is -1.95. The molecule has 258 valence electrons. The topological polar surface area (TPSA) is 138 Å². The van der Waals surface area contributed by atoms with E-state index < -0.39 is 16.1 Å². The van der Waals surface area contributed by atoms with Crippen LogP contribution < -0.4 is 9.62 Å². The van der Waals surface area contributed by atoms with Crippen LogP contribution in [-0.4, -0.2) is 74.8 Å². The van der Waals surface area contributed by atoms with Crippen molar-refractivity contribution in [3.63, 3.8) is 0 Å². The lowest BCUT2D eigenvalue weighted by atomic mass is 9.40. The Kier molecular flexibility index (Phi) is 9.22. The number of ether oxygens (including phenoxy) is 2. The summed E-state index contributed by atoms with van der Waals surface area (Å²) < 4.78 is 39.0. The Morgan fingerprint density at radius 3 is 2.48 bits per heavy atom. The highest BCUT2D eigenvalue weighted by atomic mass is 32.2. The van der Waals surface area contributed by atoms with Crippen LogP contribution in [0.1, 0.15) is 86.0 Å². The van der Waals surface area contributed by atoms with Crippen LogP contribution in [0, 0.1) is 51.8 Å². The molecule has 1 aromatic heterocycles. The lowest BCUT2D eigenvalue weighted by Gasteiger charge is -2.65. The third-order valence-electron chi connectivity index (χ3n) is 14.2. The van der Waals surface area contributed by atoms with Crippen LogP contribution in [0.2, 0.25) is 0 Å². The van der Waals surface area contributed by atoms with Gasteiger partial charge in [-0.05, 0) is 109 Å². The number of anilines is 1. The first-order chi connectivity index (χ1) is 21.7. The standard InChI is InChI=1S/C35H55N3O7S/c1-6-25-28-19-23(39)9-12-33(28,3)26-10-14-35(5)27(30(26)31(25)40)11-13-34(35,4)22(2)21-45-32(41)37-46(42,43)24-7-8-29(36-20-24)38-15-17-44-18-16-38/h7-8,20,22-23,25-28,30-31,39-40H,6,9-19,21H2,1-5H3,(H,37,41)/t22-,23-,25-,26?,27?,28?,30?,31-,33?,34?,35?/m1/s1. The Balaban J connectivity index is 1.11.